The molecule has 2 aromatic rings. The minimum absolute atomic E-state index is 0. The van der Waals surface area contributed by atoms with Gasteiger partial charge in [-0.1, -0.05) is 53.2 Å². The van der Waals surface area contributed by atoms with Crippen LogP contribution in [-0.2, 0) is 32.6 Å². The molecule has 24 heavy (non-hydrogen) atoms. The first-order valence-electron chi connectivity index (χ1n) is 8.47. The van der Waals surface area contributed by atoms with Gasteiger partial charge in [-0.15, -0.1) is 34.5 Å². The Labute approximate surface area is 180 Å². The summed E-state index contributed by atoms with van der Waals surface area (Å²) in [5, 5.41) is 2.89. The minimum Gasteiger partial charge on any atom is -1.00 e. The molecule has 0 saturated heterocycles. The maximum Gasteiger partial charge on any atom is 3.00 e. The fourth-order valence-electron chi connectivity index (χ4n) is 2.91. The van der Waals surface area contributed by atoms with Crippen LogP contribution in [0.3, 0.4) is 0 Å². The third-order valence-corrected chi connectivity index (χ3v) is 5.09. The van der Waals surface area contributed by atoms with E-state index in [2.05, 4.69) is 71.9 Å². The van der Waals surface area contributed by atoms with Crippen LogP contribution in [0.5, 0.6) is 0 Å². The smallest absolute Gasteiger partial charge is 1.00 e. The molecule has 1 radical (unpaired) electrons. The van der Waals surface area contributed by atoms with Gasteiger partial charge in [0.05, 0.1) is 0 Å². The van der Waals surface area contributed by atoms with Gasteiger partial charge in [-0.3, -0.25) is 0 Å². The Morgan fingerprint density at radius 3 is 2.21 bits per heavy atom. The number of hydrogen-bond acceptors (Lipinski definition) is 0. The van der Waals surface area contributed by atoms with E-state index in [9.17, 15) is 0 Å². The average molecular weight is 446 g/mol. The molecule has 0 aromatic heterocycles. The van der Waals surface area contributed by atoms with Gasteiger partial charge in [-0.25, -0.2) is 0 Å². The van der Waals surface area contributed by atoms with Crippen molar-refractivity contribution in [3.05, 3.63) is 41.5 Å². The topological polar surface area (TPSA) is 0 Å². The molecule has 1 unspecified atom stereocenters. The van der Waals surface area contributed by atoms with Crippen LogP contribution in [0.4, 0.5) is 0 Å². The summed E-state index contributed by atoms with van der Waals surface area (Å²) in [7, 11) is 0. The van der Waals surface area contributed by atoms with Crippen molar-refractivity contribution >= 4 is 10.8 Å². The van der Waals surface area contributed by atoms with Gasteiger partial charge in [0.1, 0.15) is 0 Å². The molecular weight excluding hydrogens is 414 g/mol. The molecule has 2 aromatic carbocycles. The second-order valence-corrected chi connectivity index (χ2v) is 8.02. The monoisotopic (exact) mass is 443 g/mol. The third-order valence-electron chi connectivity index (χ3n) is 5.09. The molecule has 0 aliphatic rings. The summed E-state index contributed by atoms with van der Waals surface area (Å²) in [6.07, 6.45) is 3.82. The van der Waals surface area contributed by atoms with E-state index >= 15 is 0 Å². The number of halogens is 2. The van der Waals surface area contributed by atoms with Crippen LogP contribution in [0, 0.1) is 11.3 Å². The number of fused-ring (bicyclic) bond motifs is 1. The van der Waals surface area contributed by atoms with Crippen LogP contribution in [0.2, 0.25) is 0 Å². The van der Waals surface area contributed by atoms with Gasteiger partial charge in [0, 0.05) is 0 Å². The zero-order valence-electron chi connectivity index (χ0n) is 15.9. The molecule has 0 aliphatic heterocycles. The molecule has 0 amide bonds. The molecule has 0 bridgehead atoms. The Morgan fingerprint density at radius 2 is 1.67 bits per heavy atom. The van der Waals surface area contributed by atoms with Gasteiger partial charge in [0.15, 0.2) is 0 Å². The predicted octanol–water partition coefficient (Wildman–Crippen LogP) is 0.693. The molecule has 0 fully saturated rings. The molecule has 0 spiro atoms. The Bertz CT molecular complexity index is 593. The van der Waals surface area contributed by atoms with Crippen molar-refractivity contribution in [2.45, 2.75) is 66.7 Å². The van der Waals surface area contributed by atoms with Crippen molar-refractivity contribution in [2.24, 2.45) is 11.3 Å². The molecule has 1 atom stereocenters. The molecule has 0 heterocycles. The van der Waals surface area contributed by atoms with Gasteiger partial charge in [-0.2, -0.15) is 6.07 Å². The van der Waals surface area contributed by atoms with Crippen molar-refractivity contribution in [2.75, 3.05) is 0 Å². The summed E-state index contributed by atoms with van der Waals surface area (Å²) < 4.78 is 0. The van der Waals surface area contributed by atoms with Crippen LogP contribution in [0.15, 0.2) is 30.3 Å². The van der Waals surface area contributed by atoms with E-state index in [0.717, 1.165) is 5.92 Å². The number of aryl methyl sites for hydroxylation is 1. The molecule has 0 nitrogen and oxygen atoms in total. The summed E-state index contributed by atoms with van der Waals surface area (Å²) in [5.41, 5.74) is 3.43. The SMILES string of the molecule is CC(C)c1cc2c(CCCC(C)C(C)(C)C)cccc2[cH-]1.[Cl-].[Cl-].[Zr+3]. The summed E-state index contributed by atoms with van der Waals surface area (Å²) in [5.74, 6) is 1.40. The van der Waals surface area contributed by atoms with Crippen molar-refractivity contribution < 1.29 is 51.0 Å². The summed E-state index contributed by atoms with van der Waals surface area (Å²) in [6.45, 7) is 14.0. The molecule has 0 N–H and O–H groups in total. The number of benzene rings is 1. The Balaban J connectivity index is 0. The minimum atomic E-state index is 0. The quantitative estimate of drug-likeness (QED) is 0.595. The summed E-state index contributed by atoms with van der Waals surface area (Å²) >= 11 is 0. The third kappa shape index (κ3) is 6.89. The van der Waals surface area contributed by atoms with E-state index in [1.807, 2.05) is 0 Å². The molecule has 0 aliphatic carbocycles. The van der Waals surface area contributed by atoms with E-state index in [-0.39, 0.29) is 51.0 Å². The van der Waals surface area contributed by atoms with Gasteiger partial charge in [-0.05, 0) is 36.5 Å². The maximum atomic E-state index is 2.41. The second-order valence-electron chi connectivity index (χ2n) is 8.02. The van der Waals surface area contributed by atoms with Crippen molar-refractivity contribution in [1.82, 2.24) is 0 Å². The maximum absolute atomic E-state index is 2.41. The number of hydrogen-bond donors (Lipinski definition) is 0. The molecule has 3 heteroatoms. The van der Waals surface area contributed by atoms with Crippen LogP contribution < -0.4 is 24.8 Å². The molecule has 2 rings (SSSR count). The van der Waals surface area contributed by atoms with Gasteiger partial charge < -0.3 is 24.8 Å². The van der Waals surface area contributed by atoms with Crippen molar-refractivity contribution in [3.63, 3.8) is 0 Å². The molecule has 133 valence electrons. The Morgan fingerprint density at radius 1 is 1.04 bits per heavy atom. The first-order chi connectivity index (χ1) is 9.79. The Hall–Kier alpha value is 0.293. The van der Waals surface area contributed by atoms with Crippen molar-refractivity contribution in [1.29, 1.82) is 0 Å². The first kappa shape index (κ1) is 26.5. The van der Waals surface area contributed by atoms with Gasteiger partial charge >= 0.3 is 26.2 Å². The van der Waals surface area contributed by atoms with Crippen LogP contribution in [0.25, 0.3) is 10.8 Å². The largest absolute Gasteiger partial charge is 3.00 e. The Kier molecular flexibility index (Phi) is 12.3. The molecule has 0 saturated carbocycles. The standard InChI is InChI=1S/C21H31.2ClH.Zr/c1-15(2)19-13-18-12-8-11-17(20(18)14-19)10-7-9-16(3)21(4,5)6;;;/h8,11-16H,7,9-10H2,1-6H3;2*1H;/q-1;;;+3/p-2. The number of rotatable bonds is 5. The van der Waals surface area contributed by atoms with Crippen LogP contribution >= 0.6 is 0 Å². The second kappa shape index (κ2) is 11.1. The fourth-order valence-corrected chi connectivity index (χ4v) is 2.91. The van der Waals surface area contributed by atoms with Gasteiger partial charge in [0.2, 0.25) is 0 Å². The van der Waals surface area contributed by atoms with Crippen LogP contribution in [-0.4, -0.2) is 0 Å². The van der Waals surface area contributed by atoms with Gasteiger partial charge in [0.25, 0.3) is 0 Å². The fraction of sp³-hybridized carbons (Fsp3) is 0.571. The first-order valence-corrected chi connectivity index (χ1v) is 8.47. The van der Waals surface area contributed by atoms with E-state index in [0.29, 0.717) is 11.3 Å². The average Bonchev–Trinajstić information content (AvgIpc) is 2.82. The van der Waals surface area contributed by atoms with Crippen molar-refractivity contribution in [3.8, 4) is 0 Å². The molecular formula is C21H31Cl2Zr. The van der Waals surface area contributed by atoms with E-state index < -0.39 is 0 Å². The zero-order valence-corrected chi connectivity index (χ0v) is 19.9. The zero-order chi connectivity index (χ0) is 15.6. The van der Waals surface area contributed by atoms with E-state index in [1.54, 1.807) is 0 Å². The van der Waals surface area contributed by atoms with E-state index in [1.165, 1.54) is 41.2 Å². The normalized spacial score (nSPS) is 12.3. The predicted molar refractivity (Wildman–Crippen MR) is 95.2 cm³/mol. The summed E-state index contributed by atoms with van der Waals surface area (Å²) in [6, 6.07) is 11.6. The van der Waals surface area contributed by atoms with E-state index in [4.69, 9.17) is 0 Å². The summed E-state index contributed by atoms with van der Waals surface area (Å²) in [4.78, 5) is 0. The van der Waals surface area contributed by atoms with Crippen LogP contribution in [0.1, 0.15) is 71.4 Å².